The number of nitrogens with two attached hydrogens (primary N) is 1. The number of nitrogen functional groups attached to an aromatic ring is 1. The van der Waals surface area contributed by atoms with Crippen LogP contribution in [0.15, 0.2) is 84.9 Å². The minimum absolute atomic E-state index is 0.242. The summed E-state index contributed by atoms with van der Waals surface area (Å²) in [6, 6.07) is 23.2. The molecule has 0 saturated heterocycles. The lowest BCUT2D eigenvalue weighted by atomic mass is 10.1. The van der Waals surface area contributed by atoms with E-state index < -0.39 is 17.8 Å². The largest absolute Gasteiger partial charge is 0.457 e. The Morgan fingerprint density at radius 2 is 1.33 bits per heavy atom. The van der Waals surface area contributed by atoms with Gasteiger partial charge in [-0.25, -0.2) is 9.69 Å². The van der Waals surface area contributed by atoms with Gasteiger partial charge >= 0.3 is 5.97 Å². The molecule has 0 bridgehead atoms. The number of amides is 2. The molecule has 178 valence electrons. The molecular weight excluding hydrogens is 456 g/mol. The van der Waals surface area contributed by atoms with Gasteiger partial charge in [-0.1, -0.05) is 6.07 Å². The van der Waals surface area contributed by atoms with E-state index in [1.54, 1.807) is 66.7 Å². The van der Waals surface area contributed by atoms with Crippen molar-refractivity contribution < 1.29 is 23.9 Å². The third kappa shape index (κ3) is 4.30. The van der Waals surface area contributed by atoms with Gasteiger partial charge < -0.3 is 15.2 Å². The first kappa shape index (κ1) is 22.9. The van der Waals surface area contributed by atoms with E-state index >= 15 is 0 Å². The summed E-state index contributed by atoms with van der Waals surface area (Å²) in [5.74, 6) is -0.0177. The molecule has 4 aromatic rings. The number of carbonyl (C=O) groups excluding carboxylic acids is 3. The molecule has 0 saturated carbocycles. The van der Waals surface area contributed by atoms with E-state index in [2.05, 4.69) is 0 Å². The number of benzene rings is 4. The summed E-state index contributed by atoms with van der Waals surface area (Å²) in [5.41, 5.74) is 9.60. The van der Waals surface area contributed by atoms with Crippen LogP contribution in [0.4, 0.5) is 11.4 Å². The van der Waals surface area contributed by atoms with Crippen LogP contribution in [0.25, 0.3) is 0 Å². The van der Waals surface area contributed by atoms with Crippen LogP contribution >= 0.6 is 0 Å². The normalized spacial score (nSPS) is 12.4. The van der Waals surface area contributed by atoms with Gasteiger partial charge in [0.05, 0.1) is 22.4 Å². The van der Waals surface area contributed by atoms with Gasteiger partial charge in [0, 0.05) is 5.69 Å². The first-order valence-corrected chi connectivity index (χ1v) is 11.3. The van der Waals surface area contributed by atoms with Gasteiger partial charge in [0.25, 0.3) is 11.8 Å². The van der Waals surface area contributed by atoms with Gasteiger partial charge in [0.2, 0.25) is 0 Å². The zero-order chi connectivity index (χ0) is 25.4. The van der Waals surface area contributed by atoms with Crippen LogP contribution in [0.1, 0.15) is 42.2 Å². The predicted octanol–water partition coefficient (Wildman–Crippen LogP) is 5.70. The fourth-order valence-electron chi connectivity index (χ4n) is 3.88. The van der Waals surface area contributed by atoms with Crippen molar-refractivity contribution in [3.05, 3.63) is 113 Å². The van der Waals surface area contributed by atoms with E-state index in [0.717, 1.165) is 16.0 Å². The summed E-state index contributed by atoms with van der Waals surface area (Å²) in [7, 11) is 0. The number of ether oxygens (including phenoxy) is 2. The highest BCUT2D eigenvalue weighted by molar-refractivity contribution is 6.34. The number of hydrogen-bond donors (Lipinski definition) is 1. The van der Waals surface area contributed by atoms with Gasteiger partial charge in [-0.15, -0.1) is 0 Å². The van der Waals surface area contributed by atoms with Gasteiger partial charge in [-0.05, 0) is 104 Å². The van der Waals surface area contributed by atoms with Crippen LogP contribution in [0.3, 0.4) is 0 Å². The minimum Gasteiger partial charge on any atom is -0.457 e. The van der Waals surface area contributed by atoms with E-state index in [9.17, 15) is 14.4 Å². The van der Waals surface area contributed by atoms with Crippen LogP contribution in [0.5, 0.6) is 17.2 Å². The second kappa shape index (κ2) is 9.03. The second-order valence-corrected chi connectivity index (χ2v) is 8.51. The molecule has 0 spiro atoms. The molecule has 0 fully saturated rings. The number of aryl methyl sites for hydroxylation is 2. The Balaban J connectivity index is 1.33. The summed E-state index contributed by atoms with van der Waals surface area (Å²) >= 11 is 0. The molecule has 4 aromatic carbocycles. The Morgan fingerprint density at radius 1 is 0.694 bits per heavy atom. The van der Waals surface area contributed by atoms with Crippen molar-refractivity contribution in [1.82, 2.24) is 0 Å². The molecule has 0 radical (unpaired) electrons. The summed E-state index contributed by atoms with van der Waals surface area (Å²) in [6.45, 7) is 3.92. The zero-order valence-corrected chi connectivity index (χ0v) is 19.6. The summed E-state index contributed by atoms with van der Waals surface area (Å²) < 4.78 is 11.3. The maximum Gasteiger partial charge on any atom is 0.343 e. The van der Waals surface area contributed by atoms with Crippen molar-refractivity contribution in [2.45, 2.75) is 13.8 Å². The number of rotatable bonds is 5. The minimum atomic E-state index is -0.531. The van der Waals surface area contributed by atoms with Crippen LogP contribution in [-0.4, -0.2) is 17.8 Å². The maximum absolute atomic E-state index is 13.1. The van der Waals surface area contributed by atoms with Crippen LogP contribution in [-0.2, 0) is 0 Å². The molecule has 5 rings (SSSR count). The van der Waals surface area contributed by atoms with Crippen LogP contribution in [0.2, 0.25) is 0 Å². The number of fused-ring (bicyclic) bond motifs is 1. The summed E-state index contributed by atoms with van der Waals surface area (Å²) in [6.07, 6.45) is 0. The standard InChI is InChI=1S/C29H22N2O5/c1-17-3-10-23(15-18(17)2)36-29(34)19-4-8-21(9-5-19)31-27(32)25-14-13-24(16-26(25)28(31)33)35-22-11-6-20(30)7-12-22/h3-16H,30H2,1-2H3. The monoisotopic (exact) mass is 478 g/mol. The lowest BCUT2D eigenvalue weighted by Crippen LogP contribution is -2.29. The summed E-state index contributed by atoms with van der Waals surface area (Å²) in [5, 5.41) is 0. The van der Waals surface area contributed by atoms with Crippen molar-refractivity contribution in [1.29, 1.82) is 0 Å². The van der Waals surface area contributed by atoms with Crippen molar-refractivity contribution in [2.24, 2.45) is 0 Å². The Bertz CT molecular complexity index is 1510. The number of anilines is 2. The van der Waals surface area contributed by atoms with E-state index in [1.807, 2.05) is 19.9 Å². The Hall–Kier alpha value is -4.91. The van der Waals surface area contributed by atoms with Crippen molar-refractivity contribution in [3.63, 3.8) is 0 Å². The highest BCUT2D eigenvalue weighted by Gasteiger charge is 2.37. The molecule has 7 heteroatoms. The van der Waals surface area contributed by atoms with Crippen molar-refractivity contribution in [3.8, 4) is 17.2 Å². The van der Waals surface area contributed by atoms with E-state index in [1.165, 1.54) is 12.1 Å². The number of esters is 1. The van der Waals surface area contributed by atoms with E-state index in [4.69, 9.17) is 15.2 Å². The van der Waals surface area contributed by atoms with Crippen molar-refractivity contribution in [2.75, 3.05) is 10.6 Å². The molecule has 1 heterocycles. The SMILES string of the molecule is Cc1ccc(OC(=O)c2ccc(N3C(=O)c4ccc(Oc5ccc(N)cc5)cc4C3=O)cc2)cc1C. The van der Waals surface area contributed by atoms with Gasteiger partial charge in [0.1, 0.15) is 17.2 Å². The third-order valence-electron chi connectivity index (χ3n) is 6.02. The molecule has 1 aliphatic rings. The maximum atomic E-state index is 13.1. The lowest BCUT2D eigenvalue weighted by Gasteiger charge is -2.14. The Morgan fingerprint density at radius 3 is 2.03 bits per heavy atom. The lowest BCUT2D eigenvalue weighted by molar-refractivity contribution is 0.0734. The molecular formula is C29H22N2O5. The first-order valence-electron chi connectivity index (χ1n) is 11.3. The molecule has 36 heavy (non-hydrogen) atoms. The fourth-order valence-corrected chi connectivity index (χ4v) is 3.88. The van der Waals surface area contributed by atoms with Crippen LogP contribution in [0, 0.1) is 13.8 Å². The molecule has 7 nitrogen and oxygen atoms in total. The summed E-state index contributed by atoms with van der Waals surface area (Å²) in [4.78, 5) is 39.8. The number of nitrogens with zero attached hydrogens (tertiary/aromatic N) is 1. The van der Waals surface area contributed by atoms with Gasteiger partial charge in [0.15, 0.2) is 0 Å². The van der Waals surface area contributed by atoms with Gasteiger partial charge in [-0.2, -0.15) is 0 Å². The predicted molar refractivity (Wildman–Crippen MR) is 136 cm³/mol. The number of carbonyl (C=O) groups is 3. The molecule has 2 amide bonds. The quantitative estimate of drug-likeness (QED) is 0.171. The average molecular weight is 479 g/mol. The third-order valence-corrected chi connectivity index (χ3v) is 6.02. The van der Waals surface area contributed by atoms with E-state index in [0.29, 0.717) is 34.2 Å². The molecule has 2 N–H and O–H groups in total. The molecule has 0 aliphatic carbocycles. The fraction of sp³-hybridized carbons (Fsp3) is 0.0690. The first-order chi connectivity index (χ1) is 17.3. The number of hydrogen-bond acceptors (Lipinski definition) is 6. The Kier molecular flexibility index (Phi) is 5.74. The van der Waals surface area contributed by atoms with E-state index in [-0.39, 0.29) is 11.1 Å². The smallest absolute Gasteiger partial charge is 0.343 e. The second-order valence-electron chi connectivity index (χ2n) is 8.51. The molecule has 0 aromatic heterocycles. The molecule has 0 unspecified atom stereocenters. The topological polar surface area (TPSA) is 98.9 Å². The zero-order valence-electron chi connectivity index (χ0n) is 19.6. The van der Waals surface area contributed by atoms with Crippen molar-refractivity contribution >= 4 is 29.2 Å². The van der Waals surface area contributed by atoms with Gasteiger partial charge in [-0.3, -0.25) is 9.59 Å². The van der Waals surface area contributed by atoms with Crippen LogP contribution < -0.4 is 20.1 Å². The molecule has 0 atom stereocenters. The average Bonchev–Trinajstić information content (AvgIpc) is 3.12. The molecule has 1 aliphatic heterocycles. The Labute approximate surface area is 207 Å². The highest BCUT2D eigenvalue weighted by atomic mass is 16.5. The number of imide groups is 1. The highest BCUT2D eigenvalue weighted by Crippen LogP contribution is 2.32.